The van der Waals surface area contributed by atoms with Gasteiger partial charge in [0.05, 0.1) is 36.0 Å². The van der Waals surface area contributed by atoms with Gasteiger partial charge in [-0.1, -0.05) is 78.5 Å². The van der Waals surface area contributed by atoms with Gasteiger partial charge in [0.1, 0.15) is 11.5 Å². The number of para-hydroxylation sites is 1. The quantitative estimate of drug-likeness (QED) is 0.150. The van der Waals surface area contributed by atoms with Crippen LogP contribution in [0.5, 0.6) is 11.5 Å². The molecule has 0 fully saturated rings. The van der Waals surface area contributed by atoms with E-state index in [9.17, 15) is 9.59 Å². The van der Waals surface area contributed by atoms with Crippen molar-refractivity contribution in [3.63, 3.8) is 0 Å². The van der Waals surface area contributed by atoms with Gasteiger partial charge >= 0.3 is 0 Å². The number of carbonyl (C=O) groups excluding carboxylic acids is 2. The minimum absolute atomic E-state index is 0.114. The molecule has 240 valence electrons. The predicted octanol–water partition coefficient (Wildman–Crippen LogP) is 5.76. The first-order valence-corrected chi connectivity index (χ1v) is 17.0. The Morgan fingerprint density at radius 3 is 2.43 bits per heavy atom. The number of carbonyl (C=O) groups is 2. The molecule has 0 saturated carbocycles. The van der Waals surface area contributed by atoms with Crippen LogP contribution in [0.25, 0.3) is 0 Å². The van der Waals surface area contributed by atoms with E-state index >= 15 is 0 Å². The van der Waals surface area contributed by atoms with Gasteiger partial charge in [0.15, 0.2) is 17.6 Å². The summed E-state index contributed by atoms with van der Waals surface area (Å²) >= 11 is 2.93. The molecule has 1 aliphatic rings. The van der Waals surface area contributed by atoms with Gasteiger partial charge in [0.25, 0.3) is 11.8 Å². The SMILES string of the molecule is COc1ccc(C2CC(c3cccs3)=NN2C(=O)CSc2nnc(CNC(=O)COc3ccccc3)n2CCc2ccccc2)cc1. The van der Waals surface area contributed by atoms with E-state index in [2.05, 4.69) is 27.6 Å². The highest BCUT2D eigenvalue weighted by Crippen LogP contribution is 2.35. The van der Waals surface area contributed by atoms with E-state index in [0.717, 1.165) is 33.9 Å². The largest absolute Gasteiger partial charge is 0.497 e. The number of nitrogens with zero attached hydrogens (tertiary/aromatic N) is 5. The Kier molecular flexibility index (Phi) is 10.6. The standard InChI is InChI=1S/C35H34N6O4S2/c1-44-27-16-14-26(15-17-27)30-21-29(31-13-8-20-46-31)39-41(30)34(43)24-47-35-38-37-32(40(35)19-18-25-9-4-2-5-10-25)22-36-33(42)23-45-28-11-6-3-7-12-28/h2-17,20,30H,18-19,21-24H2,1H3,(H,36,42). The molecule has 1 atom stereocenters. The molecule has 0 radical (unpaired) electrons. The third-order valence-corrected chi connectivity index (χ3v) is 9.48. The van der Waals surface area contributed by atoms with Crippen LogP contribution >= 0.6 is 23.1 Å². The molecule has 3 aromatic carbocycles. The number of amides is 2. The molecule has 12 heteroatoms. The molecule has 1 N–H and O–H groups in total. The normalized spacial score (nSPS) is 14.1. The van der Waals surface area contributed by atoms with Gasteiger partial charge in [-0.05, 0) is 53.3 Å². The molecular weight excluding hydrogens is 633 g/mol. The van der Waals surface area contributed by atoms with Gasteiger partial charge in [0, 0.05) is 13.0 Å². The molecule has 0 spiro atoms. The average Bonchev–Trinajstić information content (AvgIpc) is 3.89. The van der Waals surface area contributed by atoms with Crippen LogP contribution in [0.1, 0.15) is 34.3 Å². The molecule has 2 amide bonds. The van der Waals surface area contributed by atoms with E-state index in [0.29, 0.717) is 29.7 Å². The molecule has 0 saturated heterocycles. The summed E-state index contributed by atoms with van der Waals surface area (Å²) in [5, 5.41) is 20.7. The fourth-order valence-electron chi connectivity index (χ4n) is 5.17. The molecule has 0 bridgehead atoms. The van der Waals surface area contributed by atoms with Crippen molar-refractivity contribution in [2.45, 2.75) is 37.1 Å². The van der Waals surface area contributed by atoms with Crippen molar-refractivity contribution in [1.82, 2.24) is 25.1 Å². The van der Waals surface area contributed by atoms with Gasteiger partial charge in [-0.2, -0.15) is 5.10 Å². The van der Waals surface area contributed by atoms with Crippen molar-refractivity contribution < 1.29 is 19.1 Å². The van der Waals surface area contributed by atoms with E-state index in [1.54, 1.807) is 35.6 Å². The summed E-state index contributed by atoms with van der Waals surface area (Å²) < 4.78 is 12.9. The first-order chi connectivity index (χ1) is 23.1. The topological polar surface area (TPSA) is 111 Å². The number of nitrogens with one attached hydrogen (secondary N) is 1. The Morgan fingerprint density at radius 1 is 0.936 bits per heavy atom. The molecular formula is C35H34N6O4S2. The van der Waals surface area contributed by atoms with Crippen LogP contribution in [0.15, 0.2) is 113 Å². The summed E-state index contributed by atoms with van der Waals surface area (Å²) in [6.07, 6.45) is 1.35. The highest BCUT2D eigenvalue weighted by Gasteiger charge is 2.33. The van der Waals surface area contributed by atoms with Gasteiger partial charge in [-0.3, -0.25) is 9.59 Å². The van der Waals surface area contributed by atoms with Crippen LogP contribution in [0.2, 0.25) is 0 Å². The van der Waals surface area contributed by atoms with Crippen LogP contribution in [-0.4, -0.2) is 56.8 Å². The van der Waals surface area contributed by atoms with Crippen molar-refractivity contribution in [3.05, 3.63) is 124 Å². The van der Waals surface area contributed by atoms with E-state index in [1.807, 2.05) is 82.7 Å². The zero-order chi connectivity index (χ0) is 32.4. The second-order valence-electron chi connectivity index (χ2n) is 10.7. The highest BCUT2D eigenvalue weighted by atomic mass is 32.2. The first-order valence-electron chi connectivity index (χ1n) is 15.2. The Morgan fingerprint density at radius 2 is 1.70 bits per heavy atom. The molecule has 1 unspecified atom stereocenters. The zero-order valence-electron chi connectivity index (χ0n) is 25.8. The summed E-state index contributed by atoms with van der Waals surface area (Å²) in [6.45, 7) is 0.642. The van der Waals surface area contributed by atoms with E-state index in [1.165, 1.54) is 11.8 Å². The predicted molar refractivity (Wildman–Crippen MR) is 183 cm³/mol. The highest BCUT2D eigenvalue weighted by molar-refractivity contribution is 7.99. The number of aryl methyl sites for hydroxylation is 1. The van der Waals surface area contributed by atoms with Gasteiger partial charge < -0.3 is 19.4 Å². The lowest BCUT2D eigenvalue weighted by Gasteiger charge is -2.22. The molecule has 10 nitrogen and oxygen atoms in total. The number of hydrazone groups is 1. The lowest BCUT2D eigenvalue weighted by molar-refractivity contribution is -0.130. The summed E-state index contributed by atoms with van der Waals surface area (Å²) in [5.41, 5.74) is 3.04. The molecule has 47 heavy (non-hydrogen) atoms. The zero-order valence-corrected chi connectivity index (χ0v) is 27.5. The molecule has 3 heterocycles. The lowest BCUT2D eigenvalue weighted by atomic mass is 10.0. The number of aromatic nitrogens is 3. The van der Waals surface area contributed by atoms with Crippen LogP contribution in [0, 0.1) is 0 Å². The fraction of sp³-hybridized carbons (Fsp3) is 0.229. The third-order valence-electron chi connectivity index (χ3n) is 7.61. The van der Waals surface area contributed by atoms with E-state index < -0.39 is 0 Å². The van der Waals surface area contributed by atoms with Gasteiger partial charge in [-0.15, -0.1) is 21.5 Å². The Balaban J connectivity index is 1.15. The maximum atomic E-state index is 13.8. The summed E-state index contributed by atoms with van der Waals surface area (Å²) in [6, 6.07) is 30.9. The number of benzene rings is 3. The Bertz CT molecular complexity index is 1800. The average molecular weight is 667 g/mol. The molecule has 5 aromatic rings. The second-order valence-corrected chi connectivity index (χ2v) is 12.6. The molecule has 1 aliphatic heterocycles. The molecule has 2 aromatic heterocycles. The Labute approximate surface area is 281 Å². The maximum absolute atomic E-state index is 13.8. The number of thiophene rings is 1. The van der Waals surface area contributed by atoms with Crippen molar-refractivity contribution in [2.75, 3.05) is 19.5 Å². The number of methoxy groups -OCH3 is 1. The molecule has 0 aliphatic carbocycles. The van der Waals surface area contributed by atoms with E-state index in [-0.39, 0.29) is 36.8 Å². The second kappa shape index (κ2) is 15.6. The van der Waals surface area contributed by atoms with Crippen LogP contribution in [-0.2, 0) is 29.1 Å². The van der Waals surface area contributed by atoms with E-state index in [4.69, 9.17) is 14.6 Å². The fourth-order valence-corrected chi connectivity index (χ4v) is 6.73. The minimum Gasteiger partial charge on any atom is -0.497 e. The van der Waals surface area contributed by atoms with Crippen molar-refractivity contribution in [1.29, 1.82) is 0 Å². The lowest BCUT2D eigenvalue weighted by Crippen LogP contribution is -2.30. The van der Waals surface area contributed by atoms with Gasteiger partial charge in [-0.25, -0.2) is 5.01 Å². The van der Waals surface area contributed by atoms with Crippen molar-refractivity contribution in [2.24, 2.45) is 5.10 Å². The summed E-state index contributed by atoms with van der Waals surface area (Å²) in [7, 11) is 1.63. The van der Waals surface area contributed by atoms with Crippen LogP contribution in [0.4, 0.5) is 0 Å². The van der Waals surface area contributed by atoms with Crippen molar-refractivity contribution in [3.8, 4) is 11.5 Å². The number of hydrogen-bond acceptors (Lipinski definition) is 9. The summed E-state index contributed by atoms with van der Waals surface area (Å²) in [5.74, 6) is 1.69. The monoisotopic (exact) mass is 666 g/mol. The van der Waals surface area contributed by atoms with Gasteiger partial charge in [0.2, 0.25) is 0 Å². The maximum Gasteiger partial charge on any atom is 0.258 e. The number of hydrogen-bond donors (Lipinski definition) is 1. The summed E-state index contributed by atoms with van der Waals surface area (Å²) in [4.78, 5) is 27.4. The van der Waals surface area contributed by atoms with Crippen LogP contribution < -0.4 is 14.8 Å². The smallest absolute Gasteiger partial charge is 0.258 e. The number of thioether (sulfide) groups is 1. The number of rotatable bonds is 14. The minimum atomic E-state index is -0.270. The van der Waals surface area contributed by atoms with Crippen molar-refractivity contribution >= 4 is 40.6 Å². The Hall–Kier alpha value is -4.94. The first kappa shape index (κ1) is 32.0. The molecule has 6 rings (SSSR count). The van der Waals surface area contributed by atoms with Crippen LogP contribution in [0.3, 0.4) is 0 Å². The third kappa shape index (κ3) is 8.27. The number of ether oxygens (including phenoxy) is 2.